The van der Waals surface area contributed by atoms with Crippen molar-refractivity contribution in [2.24, 2.45) is 0 Å². The number of benzene rings is 1. The molecular formula is C14H20FNO. The molecule has 1 aromatic rings. The van der Waals surface area contributed by atoms with E-state index < -0.39 is 6.17 Å². The van der Waals surface area contributed by atoms with E-state index in [0.717, 1.165) is 25.1 Å². The first-order chi connectivity index (χ1) is 8.16. The van der Waals surface area contributed by atoms with Crippen molar-refractivity contribution in [1.82, 2.24) is 5.32 Å². The molecule has 0 radical (unpaired) electrons. The maximum absolute atomic E-state index is 14.2. The Morgan fingerprint density at radius 1 is 1.41 bits per heavy atom. The summed E-state index contributed by atoms with van der Waals surface area (Å²) in [6.07, 6.45) is 1.16. The fraction of sp³-hybridized carbons (Fsp3) is 0.571. The van der Waals surface area contributed by atoms with Crippen molar-refractivity contribution in [2.45, 2.75) is 45.0 Å². The van der Waals surface area contributed by atoms with Gasteiger partial charge in [0.2, 0.25) is 0 Å². The predicted octanol–water partition coefficient (Wildman–Crippen LogP) is 3.24. The maximum atomic E-state index is 14.2. The zero-order valence-corrected chi connectivity index (χ0v) is 10.4. The lowest BCUT2D eigenvalue weighted by Gasteiger charge is -2.17. The van der Waals surface area contributed by atoms with Gasteiger partial charge in [0.15, 0.2) is 0 Å². The van der Waals surface area contributed by atoms with E-state index >= 15 is 0 Å². The molecule has 1 aliphatic rings. The molecule has 1 aliphatic heterocycles. The fourth-order valence-electron chi connectivity index (χ4n) is 2.23. The Kier molecular flexibility index (Phi) is 4.00. The topological polar surface area (TPSA) is 21.3 Å². The molecule has 2 nitrogen and oxygen atoms in total. The van der Waals surface area contributed by atoms with Gasteiger partial charge in [0.25, 0.3) is 0 Å². The molecule has 1 heterocycles. The number of rotatable bonds is 4. The first kappa shape index (κ1) is 12.4. The zero-order valence-electron chi connectivity index (χ0n) is 10.4. The quantitative estimate of drug-likeness (QED) is 0.868. The molecule has 94 valence electrons. The second-order valence-corrected chi connectivity index (χ2v) is 4.84. The fourth-order valence-corrected chi connectivity index (χ4v) is 2.23. The van der Waals surface area contributed by atoms with Gasteiger partial charge in [0.1, 0.15) is 11.9 Å². The number of hydrogen-bond donors (Lipinski definition) is 1. The van der Waals surface area contributed by atoms with E-state index in [0.29, 0.717) is 5.56 Å². The van der Waals surface area contributed by atoms with Crippen LogP contribution in [0.4, 0.5) is 4.39 Å². The highest BCUT2D eigenvalue weighted by Crippen LogP contribution is 2.29. The van der Waals surface area contributed by atoms with E-state index in [1.165, 1.54) is 0 Å². The van der Waals surface area contributed by atoms with Crippen LogP contribution in [-0.2, 0) is 0 Å². The Labute approximate surface area is 102 Å². The van der Waals surface area contributed by atoms with Crippen LogP contribution in [-0.4, -0.2) is 18.7 Å². The second-order valence-electron chi connectivity index (χ2n) is 4.84. The summed E-state index contributed by atoms with van der Waals surface area (Å²) in [5.74, 6) is 0.748. The lowest BCUT2D eigenvalue weighted by molar-refractivity contribution is 0.239. The lowest BCUT2D eigenvalue weighted by atomic mass is 10.0. The third-order valence-corrected chi connectivity index (χ3v) is 3.00. The average Bonchev–Trinajstić information content (AvgIpc) is 2.81. The summed E-state index contributed by atoms with van der Waals surface area (Å²) in [6.45, 7) is 4.86. The first-order valence-corrected chi connectivity index (χ1v) is 6.31. The minimum atomic E-state index is -0.937. The van der Waals surface area contributed by atoms with Crippen molar-refractivity contribution in [3.05, 3.63) is 29.8 Å². The Hall–Kier alpha value is -1.09. The largest absolute Gasteiger partial charge is 0.491 e. The molecular weight excluding hydrogens is 217 g/mol. The van der Waals surface area contributed by atoms with Crippen LogP contribution in [0.15, 0.2) is 24.3 Å². The average molecular weight is 237 g/mol. The van der Waals surface area contributed by atoms with Crippen LogP contribution in [0.25, 0.3) is 0 Å². The molecule has 17 heavy (non-hydrogen) atoms. The van der Waals surface area contributed by atoms with Gasteiger partial charge >= 0.3 is 0 Å². The molecule has 3 heteroatoms. The number of hydrogen-bond acceptors (Lipinski definition) is 2. The molecule has 1 N–H and O–H groups in total. The number of ether oxygens (including phenoxy) is 1. The maximum Gasteiger partial charge on any atom is 0.140 e. The second kappa shape index (κ2) is 5.50. The first-order valence-electron chi connectivity index (χ1n) is 6.31. The number of nitrogens with one attached hydrogen (secondary N) is 1. The highest BCUT2D eigenvalue weighted by atomic mass is 19.1. The van der Waals surface area contributed by atoms with Gasteiger partial charge in [-0.1, -0.05) is 12.1 Å². The Morgan fingerprint density at radius 2 is 2.24 bits per heavy atom. The van der Waals surface area contributed by atoms with Crippen LogP contribution in [0, 0.1) is 0 Å². The zero-order chi connectivity index (χ0) is 12.3. The normalized spacial score (nSPS) is 21.8. The third kappa shape index (κ3) is 3.19. The van der Waals surface area contributed by atoms with Gasteiger partial charge in [-0.2, -0.15) is 0 Å². The molecule has 1 fully saturated rings. The van der Waals surface area contributed by atoms with Gasteiger partial charge in [-0.25, -0.2) is 4.39 Å². The Bertz CT molecular complexity index is 361. The van der Waals surface area contributed by atoms with Gasteiger partial charge in [0, 0.05) is 6.04 Å². The Balaban J connectivity index is 2.09. The monoisotopic (exact) mass is 237 g/mol. The lowest BCUT2D eigenvalue weighted by Crippen LogP contribution is -2.26. The van der Waals surface area contributed by atoms with Gasteiger partial charge in [0.05, 0.1) is 6.10 Å². The minimum absolute atomic E-state index is 0.0377. The van der Waals surface area contributed by atoms with Crippen molar-refractivity contribution in [3.8, 4) is 5.75 Å². The molecule has 1 saturated heterocycles. The summed E-state index contributed by atoms with van der Waals surface area (Å²) in [4.78, 5) is 0. The summed E-state index contributed by atoms with van der Waals surface area (Å²) in [5.41, 5.74) is 0.711. The standard InChI is InChI=1S/C14H20FNO/c1-10(2)17-12-6-3-5-11(9-12)14(15)13-7-4-8-16-13/h3,5-6,9-10,13-14,16H,4,7-8H2,1-2H3. The summed E-state index contributed by atoms with van der Waals surface area (Å²) in [5, 5.41) is 3.20. The number of alkyl halides is 1. The van der Waals surface area contributed by atoms with Gasteiger partial charge < -0.3 is 10.1 Å². The Morgan fingerprint density at radius 3 is 2.88 bits per heavy atom. The van der Waals surface area contributed by atoms with E-state index in [2.05, 4.69) is 5.32 Å². The van der Waals surface area contributed by atoms with Crippen molar-refractivity contribution in [2.75, 3.05) is 6.54 Å². The molecule has 2 atom stereocenters. The van der Waals surface area contributed by atoms with E-state index in [9.17, 15) is 4.39 Å². The summed E-state index contributed by atoms with van der Waals surface area (Å²) < 4.78 is 19.8. The van der Waals surface area contributed by atoms with Crippen LogP contribution in [0.5, 0.6) is 5.75 Å². The van der Waals surface area contributed by atoms with Crippen molar-refractivity contribution in [1.29, 1.82) is 0 Å². The summed E-state index contributed by atoms with van der Waals surface area (Å²) in [6, 6.07) is 7.33. The van der Waals surface area contributed by atoms with Crippen molar-refractivity contribution >= 4 is 0 Å². The van der Waals surface area contributed by atoms with Crippen LogP contribution in [0.2, 0.25) is 0 Å². The molecule has 1 aromatic carbocycles. The van der Waals surface area contributed by atoms with Gasteiger partial charge in [-0.05, 0) is 50.9 Å². The van der Waals surface area contributed by atoms with E-state index in [-0.39, 0.29) is 12.1 Å². The SMILES string of the molecule is CC(C)Oc1cccc(C(F)C2CCCN2)c1. The van der Waals surface area contributed by atoms with Crippen LogP contribution < -0.4 is 10.1 Å². The summed E-state index contributed by atoms with van der Waals surface area (Å²) in [7, 11) is 0. The molecule has 0 saturated carbocycles. The van der Waals surface area contributed by atoms with Gasteiger partial charge in [-0.15, -0.1) is 0 Å². The van der Waals surface area contributed by atoms with E-state index in [1.54, 1.807) is 0 Å². The number of halogens is 1. The highest BCUT2D eigenvalue weighted by Gasteiger charge is 2.25. The smallest absolute Gasteiger partial charge is 0.140 e. The van der Waals surface area contributed by atoms with Crippen LogP contribution in [0.1, 0.15) is 38.4 Å². The summed E-state index contributed by atoms with van der Waals surface area (Å²) >= 11 is 0. The molecule has 0 amide bonds. The molecule has 2 rings (SSSR count). The van der Waals surface area contributed by atoms with Gasteiger partial charge in [-0.3, -0.25) is 0 Å². The predicted molar refractivity (Wildman–Crippen MR) is 67.1 cm³/mol. The molecule has 2 unspecified atom stereocenters. The van der Waals surface area contributed by atoms with E-state index in [1.807, 2.05) is 38.1 Å². The molecule has 0 spiro atoms. The van der Waals surface area contributed by atoms with Crippen LogP contribution in [0.3, 0.4) is 0 Å². The minimum Gasteiger partial charge on any atom is -0.491 e. The molecule has 0 aliphatic carbocycles. The molecule has 0 bridgehead atoms. The molecule has 0 aromatic heterocycles. The van der Waals surface area contributed by atoms with Crippen LogP contribution >= 0.6 is 0 Å². The van der Waals surface area contributed by atoms with Crippen molar-refractivity contribution < 1.29 is 9.13 Å². The van der Waals surface area contributed by atoms with E-state index in [4.69, 9.17) is 4.74 Å². The van der Waals surface area contributed by atoms with Crippen molar-refractivity contribution in [3.63, 3.8) is 0 Å². The third-order valence-electron chi connectivity index (χ3n) is 3.00. The highest BCUT2D eigenvalue weighted by molar-refractivity contribution is 5.31.